The van der Waals surface area contributed by atoms with Gasteiger partial charge in [0.25, 0.3) is 11.8 Å². The predicted octanol–water partition coefficient (Wildman–Crippen LogP) is 3.73. The molecule has 0 aliphatic heterocycles. The van der Waals surface area contributed by atoms with Crippen molar-refractivity contribution in [3.05, 3.63) is 59.7 Å². The number of ether oxygens (including phenoxy) is 2. The van der Waals surface area contributed by atoms with Crippen LogP contribution in [-0.4, -0.2) is 25.0 Å². The summed E-state index contributed by atoms with van der Waals surface area (Å²) in [6.45, 7) is 5.19. The molecule has 27 heavy (non-hydrogen) atoms. The van der Waals surface area contributed by atoms with Gasteiger partial charge < -0.3 is 9.47 Å². The molecule has 2 amide bonds. The number of hydrogen-bond acceptors (Lipinski definition) is 4. The number of para-hydroxylation sites is 1. The smallest absolute Gasteiger partial charge is 0.273 e. The lowest BCUT2D eigenvalue weighted by Gasteiger charge is -2.12. The average molecular weight is 370 g/mol. The highest BCUT2D eigenvalue weighted by Gasteiger charge is 2.14. The molecule has 6 heteroatoms. The largest absolute Gasteiger partial charge is 0.494 e. The van der Waals surface area contributed by atoms with E-state index in [0.717, 1.165) is 19.3 Å². The molecule has 2 aromatic rings. The van der Waals surface area contributed by atoms with E-state index in [9.17, 15) is 9.59 Å². The third-order valence-corrected chi connectivity index (χ3v) is 3.75. The molecule has 0 atom stereocenters. The van der Waals surface area contributed by atoms with Crippen LogP contribution in [0.2, 0.25) is 0 Å². The zero-order chi connectivity index (χ0) is 19.5. The number of rotatable bonds is 9. The highest BCUT2D eigenvalue weighted by atomic mass is 16.5. The fraction of sp³-hybridized carbons (Fsp3) is 0.333. The van der Waals surface area contributed by atoms with E-state index >= 15 is 0 Å². The van der Waals surface area contributed by atoms with Crippen molar-refractivity contribution in [2.45, 2.75) is 33.1 Å². The van der Waals surface area contributed by atoms with Crippen molar-refractivity contribution < 1.29 is 19.1 Å². The lowest BCUT2D eigenvalue weighted by atomic mass is 10.2. The highest BCUT2D eigenvalue weighted by molar-refractivity contribution is 6.00. The van der Waals surface area contributed by atoms with Gasteiger partial charge in [-0.1, -0.05) is 38.5 Å². The Morgan fingerprint density at radius 3 is 2.41 bits per heavy atom. The van der Waals surface area contributed by atoms with Crippen LogP contribution in [0.4, 0.5) is 0 Å². The number of hydrogen-bond donors (Lipinski definition) is 2. The van der Waals surface area contributed by atoms with Gasteiger partial charge in [0.15, 0.2) is 0 Å². The maximum absolute atomic E-state index is 12.4. The molecule has 144 valence electrons. The molecular formula is C21H26N2O4. The van der Waals surface area contributed by atoms with Gasteiger partial charge in [0, 0.05) is 5.56 Å². The van der Waals surface area contributed by atoms with E-state index in [1.54, 1.807) is 48.5 Å². The highest BCUT2D eigenvalue weighted by Crippen LogP contribution is 2.18. The molecule has 0 aromatic heterocycles. The summed E-state index contributed by atoms with van der Waals surface area (Å²) >= 11 is 0. The molecule has 0 heterocycles. The number of carbonyl (C=O) groups excluding carboxylic acids is 2. The fourth-order valence-electron chi connectivity index (χ4n) is 2.31. The van der Waals surface area contributed by atoms with E-state index in [1.807, 2.05) is 6.92 Å². The van der Waals surface area contributed by atoms with E-state index in [2.05, 4.69) is 17.8 Å². The summed E-state index contributed by atoms with van der Waals surface area (Å²) in [5.41, 5.74) is 5.62. The minimum Gasteiger partial charge on any atom is -0.494 e. The summed E-state index contributed by atoms with van der Waals surface area (Å²) in [6, 6.07) is 13.8. The Kier molecular flexibility index (Phi) is 8.16. The molecule has 2 aromatic carbocycles. The van der Waals surface area contributed by atoms with Gasteiger partial charge >= 0.3 is 0 Å². The Balaban J connectivity index is 1.95. The normalized spacial score (nSPS) is 10.1. The van der Waals surface area contributed by atoms with E-state index in [-0.39, 0.29) is 0 Å². The second-order valence-electron chi connectivity index (χ2n) is 5.98. The second kappa shape index (κ2) is 10.9. The van der Waals surface area contributed by atoms with Crippen molar-refractivity contribution in [2.75, 3.05) is 13.2 Å². The molecule has 0 aliphatic carbocycles. The van der Waals surface area contributed by atoms with Crippen LogP contribution < -0.4 is 20.3 Å². The van der Waals surface area contributed by atoms with Gasteiger partial charge in [-0.15, -0.1) is 0 Å². The van der Waals surface area contributed by atoms with Gasteiger partial charge in [-0.05, 0) is 43.2 Å². The number of benzene rings is 2. The topological polar surface area (TPSA) is 76.7 Å². The van der Waals surface area contributed by atoms with Crippen LogP contribution >= 0.6 is 0 Å². The van der Waals surface area contributed by atoms with Crippen molar-refractivity contribution >= 4 is 11.8 Å². The Morgan fingerprint density at radius 1 is 0.852 bits per heavy atom. The first-order valence-electron chi connectivity index (χ1n) is 9.21. The van der Waals surface area contributed by atoms with E-state index in [0.29, 0.717) is 35.8 Å². The molecule has 0 unspecified atom stereocenters. The number of unbranched alkanes of at least 4 members (excludes halogenated alkanes) is 1. The molecule has 2 rings (SSSR count). The van der Waals surface area contributed by atoms with Crippen LogP contribution in [0.5, 0.6) is 11.5 Å². The van der Waals surface area contributed by atoms with Crippen molar-refractivity contribution in [2.24, 2.45) is 0 Å². The summed E-state index contributed by atoms with van der Waals surface area (Å²) in [6.07, 6.45) is 2.82. The molecular weight excluding hydrogens is 344 g/mol. The third-order valence-electron chi connectivity index (χ3n) is 3.75. The quantitative estimate of drug-likeness (QED) is 0.521. The summed E-state index contributed by atoms with van der Waals surface area (Å²) in [5.74, 6) is 0.250. The van der Waals surface area contributed by atoms with Crippen LogP contribution in [0.15, 0.2) is 48.5 Å². The van der Waals surface area contributed by atoms with Crippen LogP contribution in [0.25, 0.3) is 0 Å². The first-order chi connectivity index (χ1) is 13.2. The van der Waals surface area contributed by atoms with Crippen LogP contribution in [0.1, 0.15) is 53.8 Å². The van der Waals surface area contributed by atoms with Crippen LogP contribution in [0, 0.1) is 0 Å². The summed E-state index contributed by atoms with van der Waals surface area (Å²) in [4.78, 5) is 24.7. The lowest BCUT2D eigenvalue weighted by molar-refractivity contribution is 0.0844. The Labute approximate surface area is 159 Å². The zero-order valence-corrected chi connectivity index (χ0v) is 15.8. The van der Waals surface area contributed by atoms with Crippen LogP contribution in [0.3, 0.4) is 0 Å². The fourth-order valence-corrected chi connectivity index (χ4v) is 2.31. The number of nitrogens with one attached hydrogen (secondary N) is 2. The molecule has 6 nitrogen and oxygen atoms in total. The Hall–Kier alpha value is -3.02. The van der Waals surface area contributed by atoms with Crippen molar-refractivity contribution in [3.8, 4) is 11.5 Å². The number of carbonyl (C=O) groups is 2. The first kappa shape index (κ1) is 20.3. The Bertz CT molecular complexity index is 761. The van der Waals surface area contributed by atoms with Crippen molar-refractivity contribution in [1.82, 2.24) is 10.9 Å². The number of amides is 2. The van der Waals surface area contributed by atoms with Crippen LogP contribution in [-0.2, 0) is 0 Å². The third kappa shape index (κ3) is 6.33. The molecule has 0 radical (unpaired) electrons. The number of hydrazine groups is 1. The molecule has 0 saturated heterocycles. The standard InChI is InChI=1S/C21H26N2O4/c1-3-5-14-26-17-10-8-9-16(15-17)20(24)22-23-21(25)18-11-6-7-12-19(18)27-13-4-2/h6-12,15H,3-5,13-14H2,1-2H3,(H,22,24)(H,23,25). The molecule has 0 fully saturated rings. The predicted molar refractivity (Wildman–Crippen MR) is 104 cm³/mol. The van der Waals surface area contributed by atoms with E-state index in [1.165, 1.54) is 0 Å². The SMILES string of the molecule is CCCCOc1cccc(C(=O)NNC(=O)c2ccccc2OCCC)c1. The second-order valence-corrected chi connectivity index (χ2v) is 5.98. The minimum atomic E-state index is -0.439. The minimum absolute atomic E-state index is 0.364. The van der Waals surface area contributed by atoms with Gasteiger partial charge in [-0.3, -0.25) is 20.4 Å². The molecule has 0 bridgehead atoms. The van der Waals surface area contributed by atoms with Gasteiger partial charge in [0.05, 0.1) is 18.8 Å². The monoisotopic (exact) mass is 370 g/mol. The Morgan fingerprint density at radius 2 is 1.63 bits per heavy atom. The van der Waals surface area contributed by atoms with Crippen molar-refractivity contribution in [3.63, 3.8) is 0 Å². The zero-order valence-electron chi connectivity index (χ0n) is 15.8. The molecule has 0 saturated carbocycles. The maximum Gasteiger partial charge on any atom is 0.273 e. The summed E-state index contributed by atoms with van der Waals surface area (Å²) in [5, 5.41) is 0. The van der Waals surface area contributed by atoms with Gasteiger partial charge in [-0.25, -0.2) is 0 Å². The van der Waals surface area contributed by atoms with Crippen molar-refractivity contribution in [1.29, 1.82) is 0 Å². The van der Waals surface area contributed by atoms with Gasteiger partial charge in [-0.2, -0.15) is 0 Å². The summed E-state index contributed by atoms with van der Waals surface area (Å²) in [7, 11) is 0. The molecule has 0 aliphatic rings. The average Bonchev–Trinajstić information content (AvgIpc) is 2.71. The first-order valence-corrected chi connectivity index (χ1v) is 9.21. The molecule has 0 spiro atoms. The molecule has 2 N–H and O–H groups in total. The van der Waals surface area contributed by atoms with E-state index < -0.39 is 11.8 Å². The maximum atomic E-state index is 12.4. The lowest BCUT2D eigenvalue weighted by Crippen LogP contribution is -2.41. The van der Waals surface area contributed by atoms with Gasteiger partial charge in [0.1, 0.15) is 11.5 Å². The van der Waals surface area contributed by atoms with E-state index in [4.69, 9.17) is 9.47 Å². The summed E-state index contributed by atoms with van der Waals surface area (Å²) < 4.78 is 11.2. The van der Waals surface area contributed by atoms with Gasteiger partial charge in [0.2, 0.25) is 0 Å².